The minimum absolute atomic E-state index is 0.0700. The molecule has 0 saturated carbocycles. The molecule has 0 amide bonds. The van der Waals surface area contributed by atoms with Crippen LogP contribution < -0.4 is 32.7 Å². The molecule has 23 heteroatoms. The molecule has 2 aromatic rings. The third-order valence-corrected chi connectivity index (χ3v) is 9.33. The number of nitrogens with one attached hydrogen (secondary N) is 4. The van der Waals surface area contributed by atoms with E-state index >= 15 is 0 Å². The van der Waals surface area contributed by atoms with E-state index < -0.39 is 75.5 Å². The van der Waals surface area contributed by atoms with Gasteiger partial charge in [-0.1, -0.05) is 6.92 Å². The number of methoxy groups -OCH3 is 1. The molecule has 0 spiro atoms. The maximum absolute atomic E-state index is 11.8. The number of aromatic amines is 2. The summed E-state index contributed by atoms with van der Waals surface area (Å²) in [6.45, 7) is 7.27. The molecule has 3 heterocycles. The first-order chi connectivity index (χ1) is 24.6. The van der Waals surface area contributed by atoms with E-state index in [1.54, 1.807) is 13.8 Å². The summed E-state index contributed by atoms with van der Waals surface area (Å²) in [7, 11) is -4.52. The number of rotatable bonds is 20. The number of hydrogen-bond donors (Lipinski definition) is 7. The Morgan fingerprint density at radius 2 is 1.67 bits per heavy atom. The fraction of sp³-hybridized carbons (Fsp3) is 0.655. The van der Waals surface area contributed by atoms with Gasteiger partial charge < -0.3 is 32.9 Å². The first-order valence-electron chi connectivity index (χ1n) is 16.4. The Bertz CT molecular complexity index is 1630. The molecule has 3 rings (SSSR count). The molecule has 0 aliphatic carbocycles. The predicted octanol–water partition coefficient (Wildman–Crippen LogP) is -0.457. The first-order valence-corrected chi connectivity index (χ1v) is 19.2. The van der Waals surface area contributed by atoms with Crippen LogP contribution in [0.1, 0.15) is 59.6 Å². The fourth-order valence-corrected chi connectivity index (χ4v) is 6.25. The molecule has 21 nitrogen and oxygen atoms in total. The molecule has 1 saturated heterocycles. The number of H-pyrrole nitrogens is 2. The summed E-state index contributed by atoms with van der Waals surface area (Å²) in [4.78, 5) is 103. The summed E-state index contributed by atoms with van der Waals surface area (Å²) in [5.74, 6) is -1.09. The molecule has 1 aliphatic rings. The van der Waals surface area contributed by atoms with Crippen molar-refractivity contribution in [2.75, 3.05) is 33.5 Å². The lowest BCUT2D eigenvalue weighted by molar-refractivity contribution is -0.145. The third-order valence-electron chi connectivity index (χ3n) is 7.10. The third kappa shape index (κ3) is 16.2. The van der Waals surface area contributed by atoms with Crippen molar-refractivity contribution in [1.82, 2.24) is 29.3 Å². The van der Waals surface area contributed by atoms with Crippen molar-refractivity contribution in [2.45, 2.75) is 90.4 Å². The summed E-state index contributed by atoms with van der Waals surface area (Å²) >= 11 is 0. The van der Waals surface area contributed by atoms with E-state index in [4.69, 9.17) is 28.0 Å². The Labute approximate surface area is 300 Å². The number of aryl methyl sites for hydroxylation is 1. The summed E-state index contributed by atoms with van der Waals surface area (Å²) in [5, 5.41) is 4.93. The Kier molecular flexibility index (Phi) is 19.7. The van der Waals surface area contributed by atoms with Crippen molar-refractivity contribution in [3.63, 3.8) is 0 Å². The van der Waals surface area contributed by atoms with E-state index in [0.717, 1.165) is 6.42 Å². The van der Waals surface area contributed by atoms with Crippen LogP contribution in [-0.4, -0.2) is 104 Å². The average Bonchev–Trinajstić information content (AvgIpc) is 3.56. The highest BCUT2D eigenvalue weighted by Gasteiger charge is 2.42. The van der Waals surface area contributed by atoms with Gasteiger partial charge in [0.05, 0.1) is 32.0 Å². The molecular formula is C29H49N6O15P2+. The zero-order valence-corrected chi connectivity index (χ0v) is 31.4. The van der Waals surface area contributed by atoms with Crippen LogP contribution in [-0.2, 0) is 44.1 Å². The summed E-state index contributed by atoms with van der Waals surface area (Å²) < 4.78 is 33.6. The molecule has 6 atom stereocenters. The minimum Gasteiger partial charge on any atom is -0.465 e. The quantitative estimate of drug-likeness (QED) is 0.0661. The van der Waals surface area contributed by atoms with Crippen LogP contribution in [0.4, 0.5) is 0 Å². The van der Waals surface area contributed by atoms with E-state index in [1.165, 1.54) is 47.7 Å². The van der Waals surface area contributed by atoms with Gasteiger partial charge in [-0.25, -0.2) is 14.7 Å². The molecule has 294 valence electrons. The van der Waals surface area contributed by atoms with Gasteiger partial charge in [0.1, 0.15) is 24.9 Å². The number of carbonyl (C=O) groups excluding carboxylic acids is 2. The highest BCUT2D eigenvalue weighted by molar-refractivity contribution is 7.57. The van der Waals surface area contributed by atoms with E-state index in [-0.39, 0.29) is 25.9 Å². The summed E-state index contributed by atoms with van der Waals surface area (Å²) in [6.07, 6.45) is 3.47. The highest BCUT2D eigenvalue weighted by Crippen LogP contribution is 2.47. The smallest absolute Gasteiger partial charge is 0.465 e. The molecule has 0 bridgehead atoms. The number of esters is 2. The standard InChI is InChI=1S/C15H26N3O7P.C14H22N3O8P/c1-4-9-24-14(20)11(2)17-26(22)25-10-12(23-3)5-7-18-8-6-13(19)16-15(18)21;1-3-23-13(19)9(2)16-26(21,22)24-8-10-4-5-12(25-10)17-7-6-11(18)15-14(17)20/h6,8,11-12,17,22H,4-5,7,9-10H2,1-3H3,(H,16,19,21);6-7,9-10,12,16,21-22H,3-5,8H2,1-2H3/p+1. The maximum atomic E-state index is 11.8. The number of aromatic nitrogens is 4. The Morgan fingerprint density at radius 1 is 1.02 bits per heavy atom. The molecule has 0 aromatic carbocycles. The second kappa shape index (κ2) is 22.8. The Balaban J connectivity index is 0.000000360. The van der Waals surface area contributed by atoms with Gasteiger partial charge in [-0.3, -0.25) is 33.7 Å². The van der Waals surface area contributed by atoms with Gasteiger partial charge in [0.2, 0.25) is 0 Å². The zero-order valence-electron chi connectivity index (χ0n) is 29.6. The lowest BCUT2D eigenvalue weighted by Gasteiger charge is -2.20. The van der Waals surface area contributed by atoms with Crippen molar-refractivity contribution in [1.29, 1.82) is 0 Å². The molecular weight excluding hydrogens is 734 g/mol. The zero-order chi connectivity index (χ0) is 38.8. The van der Waals surface area contributed by atoms with E-state index in [2.05, 4.69) is 20.1 Å². The van der Waals surface area contributed by atoms with Gasteiger partial charge in [-0.05, 0) is 46.5 Å². The topological polar surface area (TPSA) is 284 Å². The molecule has 6 unspecified atom stereocenters. The van der Waals surface area contributed by atoms with Crippen LogP contribution in [0.25, 0.3) is 0 Å². The van der Waals surface area contributed by atoms with Crippen molar-refractivity contribution >= 4 is 28.6 Å². The number of ether oxygens (including phenoxy) is 4. The fourth-order valence-electron chi connectivity index (χ4n) is 4.37. The minimum atomic E-state index is -3.98. The van der Waals surface area contributed by atoms with Crippen LogP contribution in [0.2, 0.25) is 0 Å². The first kappa shape index (κ1) is 45.0. The highest BCUT2D eigenvalue weighted by atomic mass is 31.2. The van der Waals surface area contributed by atoms with Gasteiger partial charge >= 0.3 is 31.4 Å². The van der Waals surface area contributed by atoms with Gasteiger partial charge in [-0.15, -0.1) is 5.09 Å². The molecule has 7 N–H and O–H groups in total. The molecule has 0 radical (unpaired) electrons. The summed E-state index contributed by atoms with van der Waals surface area (Å²) in [6, 6.07) is 0.830. The van der Waals surface area contributed by atoms with Gasteiger partial charge in [0, 0.05) is 38.2 Å². The second-order valence-electron chi connectivity index (χ2n) is 11.3. The van der Waals surface area contributed by atoms with Gasteiger partial charge in [0.15, 0.2) is 0 Å². The SMILES string of the molecule is CCCOC(=O)C(C)NP(O)OCC(CCn1ccc(=O)[nH]c1=O)OC.CCOC(=O)C(C)N[P+](O)(O)OCC1CCC(n2ccc(=O)[nH]c2=O)O1. The van der Waals surface area contributed by atoms with E-state index in [9.17, 15) is 43.4 Å². The van der Waals surface area contributed by atoms with Crippen LogP contribution in [0.5, 0.6) is 0 Å². The van der Waals surface area contributed by atoms with Crippen molar-refractivity contribution in [3.05, 3.63) is 66.2 Å². The average molecular weight is 784 g/mol. The van der Waals surface area contributed by atoms with Crippen LogP contribution in [0.3, 0.4) is 0 Å². The largest absolute Gasteiger partial charge is 0.497 e. The van der Waals surface area contributed by atoms with Crippen LogP contribution in [0.15, 0.2) is 43.7 Å². The lowest BCUT2D eigenvalue weighted by atomic mass is 10.2. The van der Waals surface area contributed by atoms with Crippen LogP contribution in [0, 0.1) is 0 Å². The van der Waals surface area contributed by atoms with Gasteiger partial charge in [0.25, 0.3) is 19.6 Å². The normalized spacial score (nSPS) is 18.1. The second-order valence-corrected chi connectivity index (χ2v) is 14.0. The Morgan fingerprint density at radius 3 is 2.29 bits per heavy atom. The lowest BCUT2D eigenvalue weighted by Crippen LogP contribution is -2.36. The van der Waals surface area contributed by atoms with Gasteiger partial charge in [-0.2, -0.15) is 14.3 Å². The number of hydrogen-bond acceptors (Lipinski definition) is 17. The molecule has 1 fully saturated rings. The van der Waals surface area contributed by atoms with Crippen molar-refractivity contribution in [3.8, 4) is 0 Å². The maximum Gasteiger partial charge on any atom is 0.497 e. The Hall–Kier alpha value is -3.20. The molecule has 52 heavy (non-hydrogen) atoms. The predicted molar refractivity (Wildman–Crippen MR) is 187 cm³/mol. The monoisotopic (exact) mass is 783 g/mol. The molecule has 1 aliphatic heterocycles. The summed E-state index contributed by atoms with van der Waals surface area (Å²) in [5.41, 5.74) is -2.04. The number of nitrogens with zero attached hydrogens (tertiary/aromatic N) is 2. The van der Waals surface area contributed by atoms with E-state index in [0.29, 0.717) is 32.4 Å². The van der Waals surface area contributed by atoms with Crippen molar-refractivity contribution < 1.29 is 52.3 Å². The number of carbonyl (C=O) groups is 2. The van der Waals surface area contributed by atoms with E-state index in [1.807, 2.05) is 6.92 Å². The molecule has 2 aromatic heterocycles. The van der Waals surface area contributed by atoms with Crippen LogP contribution >= 0.6 is 16.6 Å². The van der Waals surface area contributed by atoms with Crippen molar-refractivity contribution in [2.24, 2.45) is 0 Å².